The van der Waals surface area contributed by atoms with Gasteiger partial charge in [-0.15, -0.1) is 0 Å². The number of aryl methyl sites for hydroxylation is 1. The molecule has 2 aromatic carbocycles. The van der Waals surface area contributed by atoms with E-state index in [0.717, 1.165) is 37.2 Å². The van der Waals surface area contributed by atoms with Crippen molar-refractivity contribution in [3.05, 3.63) is 58.6 Å². The minimum Gasteiger partial charge on any atom is -0.490 e. The van der Waals surface area contributed by atoms with Crippen LogP contribution >= 0.6 is 11.6 Å². The van der Waals surface area contributed by atoms with Crippen LogP contribution in [-0.2, 0) is 0 Å². The lowest BCUT2D eigenvalue weighted by atomic mass is 10.1. The Hall–Kier alpha value is -2.04. The van der Waals surface area contributed by atoms with Crippen molar-refractivity contribution in [3.8, 4) is 5.75 Å². The number of benzene rings is 2. The van der Waals surface area contributed by atoms with E-state index < -0.39 is 0 Å². The third-order valence-electron chi connectivity index (χ3n) is 4.51. The molecule has 2 aromatic rings. The van der Waals surface area contributed by atoms with E-state index in [2.05, 4.69) is 17.3 Å². The van der Waals surface area contributed by atoms with Crippen LogP contribution in [0.15, 0.2) is 42.5 Å². The van der Waals surface area contributed by atoms with Crippen molar-refractivity contribution in [1.82, 2.24) is 4.90 Å². The van der Waals surface area contributed by atoms with E-state index in [1.54, 1.807) is 6.07 Å². The molecule has 1 aliphatic rings. The minimum absolute atomic E-state index is 0.209. The second-order valence-corrected chi connectivity index (χ2v) is 6.94. The highest BCUT2D eigenvalue weighted by Gasteiger charge is 2.18. The summed E-state index contributed by atoms with van der Waals surface area (Å²) in [7, 11) is 2.13. The van der Waals surface area contributed by atoms with Crippen LogP contribution in [0.1, 0.15) is 28.8 Å². The average molecular weight is 359 g/mol. The number of rotatable bonds is 4. The molecule has 1 heterocycles. The number of halogens is 1. The number of hydrogen-bond donors (Lipinski definition) is 1. The van der Waals surface area contributed by atoms with Gasteiger partial charge in [0.25, 0.3) is 5.91 Å². The first-order valence-corrected chi connectivity index (χ1v) is 8.92. The maximum absolute atomic E-state index is 12.6. The molecule has 25 heavy (non-hydrogen) atoms. The van der Waals surface area contributed by atoms with E-state index in [4.69, 9.17) is 16.3 Å². The molecule has 0 unspecified atom stereocenters. The molecule has 5 heteroatoms. The van der Waals surface area contributed by atoms with Crippen LogP contribution in [-0.4, -0.2) is 37.0 Å². The number of anilines is 1. The lowest BCUT2D eigenvalue weighted by molar-refractivity contribution is 0.102. The van der Waals surface area contributed by atoms with Gasteiger partial charge in [-0.3, -0.25) is 4.79 Å². The van der Waals surface area contributed by atoms with Crippen molar-refractivity contribution in [2.24, 2.45) is 0 Å². The highest BCUT2D eigenvalue weighted by atomic mass is 35.5. The summed E-state index contributed by atoms with van der Waals surface area (Å²) in [6.07, 6.45) is 2.27. The third-order valence-corrected chi connectivity index (χ3v) is 4.82. The zero-order valence-corrected chi connectivity index (χ0v) is 15.3. The third kappa shape index (κ3) is 4.53. The van der Waals surface area contributed by atoms with Gasteiger partial charge in [0.05, 0.1) is 10.6 Å². The number of carbonyl (C=O) groups excluding carboxylic acids is 1. The fourth-order valence-electron chi connectivity index (χ4n) is 3.06. The van der Waals surface area contributed by atoms with E-state index in [-0.39, 0.29) is 12.0 Å². The van der Waals surface area contributed by atoms with Crippen LogP contribution in [0.2, 0.25) is 5.02 Å². The van der Waals surface area contributed by atoms with Crippen molar-refractivity contribution < 1.29 is 9.53 Å². The van der Waals surface area contributed by atoms with Crippen LogP contribution in [0.4, 0.5) is 5.69 Å². The topological polar surface area (TPSA) is 41.6 Å². The number of amides is 1. The number of nitrogens with one attached hydrogen (secondary N) is 1. The summed E-state index contributed by atoms with van der Waals surface area (Å²) in [4.78, 5) is 14.9. The summed E-state index contributed by atoms with van der Waals surface area (Å²) in [6, 6.07) is 13.0. The van der Waals surface area contributed by atoms with Crippen LogP contribution in [0.5, 0.6) is 5.75 Å². The number of likely N-dealkylation sites (tertiary alicyclic amines) is 1. The Kier molecular flexibility index (Phi) is 5.61. The van der Waals surface area contributed by atoms with E-state index in [9.17, 15) is 4.79 Å². The summed E-state index contributed by atoms with van der Waals surface area (Å²) in [5.74, 6) is 0.572. The first-order chi connectivity index (χ1) is 12.0. The maximum Gasteiger partial charge on any atom is 0.257 e. The minimum atomic E-state index is -0.209. The summed E-state index contributed by atoms with van der Waals surface area (Å²) < 4.78 is 6.07. The summed E-state index contributed by atoms with van der Waals surface area (Å²) in [6.45, 7) is 3.97. The number of nitrogens with zero attached hydrogens (tertiary/aromatic N) is 1. The lowest BCUT2D eigenvalue weighted by Crippen LogP contribution is -2.35. The van der Waals surface area contributed by atoms with Gasteiger partial charge in [0.1, 0.15) is 11.9 Å². The smallest absolute Gasteiger partial charge is 0.257 e. The molecule has 0 saturated carbocycles. The highest BCUT2D eigenvalue weighted by molar-refractivity contribution is 6.34. The van der Waals surface area contributed by atoms with E-state index in [1.165, 1.54) is 0 Å². The Bertz CT molecular complexity index is 735. The second-order valence-electron chi connectivity index (χ2n) is 6.53. The van der Waals surface area contributed by atoms with E-state index in [0.29, 0.717) is 16.3 Å². The molecule has 1 aliphatic heterocycles. The van der Waals surface area contributed by atoms with Crippen LogP contribution in [0.3, 0.4) is 0 Å². The van der Waals surface area contributed by atoms with E-state index >= 15 is 0 Å². The molecule has 0 atom stereocenters. The van der Waals surface area contributed by atoms with Gasteiger partial charge in [-0.05, 0) is 50.6 Å². The fraction of sp³-hybridized carbons (Fsp3) is 0.350. The van der Waals surface area contributed by atoms with Crippen LogP contribution < -0.4 is 10.1 Å². The van der Waals surface area contributed by atoms with Crippen LogP contribution in [0, 0.1) is 6.92 Å². The predicted molar refractivity (Wildman–Crippen MR) is 102 cm³/mol. The van der Waals surface area contributed by atoms with Crippen molar-refractivity contribution in [2.45, 2.75) is 25.9 Å². The first-order valence-electron chi connectivity index (χ1n) is 8.54. The molecule has 4 nitrogen and oxygen atoms in total. The molecule has 132 valence electrons. The number of ether oxygens (including phenoxy) is 1. The highest BCUT2D eigenvalue weighted by Crippen LogP contribution is 2.24. The Morgan fingerprint density at radius 2 is 1.92 bits per heavy atom. The van der Waals surface area contributed by atoms with Gasteiger partial charge in [0, 0.05) is 24.8 Å². The normalized spacial score (nSPS) is 15.8. The van der Waals surface area contributed by atoms with Crippen molar-refractivity contribution in [1.29, 1.82) is 0 Å². The Morgan fingerprint density at radius 3 is 2.64 bits per heavy atom. The van der Waals surface area contributed by atoms with Crippen molar-refractivity contribution >= 4 is 23.2 Å². The standard InChI is InChI=1S/C20H23ClN2O2/c1-14-5-3-8-18(21)19(14)20(24)22-15-6-4-7-17(13-15)25-16-9-11-23(2)12-10-16/h3-8,13,16H,9-12H2,1-2H3,(H,22,24). The predicted octanol–water partition coefficient (Wildman–Crippen LogP) is 4.37. The van der Waals surface area contributed by atoms with Gasteiger partial charge in [0.2, 0.25) is 0 Å². The SMILES string of the molecule is Cc1cccc(Cl)c1C(=O)Nc1cccc(OC2CCN(C)CC2)c1. The van der Waals surface area contributed by atoms with Gasteiger partial charge in [0.15, 0.2) is 0 Å². The second kappa shape index (κ2) is 7.89. The molecule has 1 amide bonds. The molecule has 0 aromatic heterocycles. The largest absolute Gasteiger partial charge is 0.490 e. The monoisotopic (exact) mass is 358 g/mol. The average Bonchev–Trinajstić information content (AvgIpc) is 2.57. The molecule has 0 bridgehead atoms. The Labute approximate surface area is 153 Å². The van der Waals surface area contributed by atoms with Gasteiger partial charge in [-0.25, -0.2) is 0 Å². The van der Waals surface area contributed by atoms with E-state index in [1.807, 2.05) is 43.3 Å². The summed E-state index contributed by atoms with van der Waals surface area (Å²) in [5.41, 5.74) is 2.06. The van der Waals surface area contributed by atoms with Crippen LogP contribution in [0.25, 0.3) is 0 Å². The molecule has 0 spiro atoms. The van der Waals surface area contributed by atoms with Crippen molar-refractivity contribution in [2.75, 3.05) is 25.5 Å². The molecular formula is C20H23ClN2O2. The zero-order chi connectivity index (χ0) is 17.8. The molecule has 0 aliphatic carbocycles. The Morgan fingerprint density at radius 1 is 1.20 bits per heavy atom. The Balaban J connectivity index is 1.68. The number of hydrogen-bond acceptors (Lipinski definition) is 3. The van der Waals surface area contributed by atoms with Gasteiger partial charge in [-0.2, -0.15) is 0 Å². The van der Waals surface area contributed by atoms with Crippen molar-refractivity contribution in [3.63, 3.8) is 0 Å². The van der Waals surface area contributed by atoms with Gasteiger partial charge in [-0.1, -0.05) is 29.8 Å². The summed E-state index contributed by atoms with van der Waals surface area (Å²) in [5, 5.41) is 3.37. The molecule has 1 fully saturated rings. The number of piperidine rings is 1. The molecule has 3 rings (SSSR count). The molecule has 1 saturated heterocycles. The molecular weight excluding hydrogens is 336 g/mol. The van der Waals surface area contributed by atoms with Gasteiger partial charge >= 0.3 is 0 Å². The first kappa shape index (κ1) is 17.8. The summed E-state index contributed by atoms with van der Waals surface area (Å²) >= 11 is 6.17. The lowest BCUT2D eigenvalue weighted by Gasteiger charge is -2.29. The van der Waals surface area contributed by atoms with Gasteiger partial charge < -0.3 is 15.0 Å². The maximum atomic E-state index is 12.6. The quantitative estimate of drug-likeness (QED) is 0.882. The number of carbonyl (C=O) groups is 1. The molecule has 1 N–H and O–H groups in total. The zero-order valence-electron chi connectivity index (χ0n) is 14.6. The fourth-order valence-corrected chi connectivity index (χ4v) is 3.36. The molecule has 0 radical (unpaired) electrons.